The van der Waals surface area contributed by atoms with E-state index >= 15 is 0 Å². The zero-order valence-corrected chi connectivity index (χ0v) is 8.84. The maximum Gasteiger partial charge on any atom is 0.163 e. The predicted octanol–water partition coefficient (Wildman–Crippen LogP) is 2.82. The summed E-state index contributed by atoms with van der Waals surface area (Å²) in [6, 6.07) is 0. The van der Waals surface area contributed by atoms with Crippen LogP contribution in [0.1, 0.15) is 51.9 Å². The molecule has 0 heterocycles. The van der Waals surface area contributed by atoms with Crippen molar-refractivity contribution in [2.45, 2.75) is 51.9 Å². The average Bonchev–Trinajstić information content (AvgIpc) is 2.11. The SMILES string of the molecule is CCCCCCC1=CC(=O)CC(=O)C1. The zero-order valence-electron chi connectivity index (χ0n) is 8.84. The number of carbonyl (C=O) groups is 2. The number of hydrogen-bond donors (Lipinski definition) is 0. The van der Waals surface area contributed by atoms with E-state index in [0.29, 0.717) is 6.42 Å². The largest absolute Gasteiger partial charge is 0.299 e. The summed E-state index contributed by atoms with van der Waals surface area (Å²) < 4.78 is 0. The van der Waals surface area contributed by atoms with Crippen LogP contribution < -0.4 is 0 Å². The molecular formula is C12H18O2. The second kappa shape index (κ2) is 5.74. The van der Waals surface area contributed by atoms with E-state index in [9.17, 15) is 9.59 Å². The van der Waals surface area contributed by atoms with E-state index in [0.717, 1.165) is 18.4 Å². The Bertz CT molecular complexity index is 251. The van der Waals surface area contributed by atoms with Gasteiger partial charge in [0.15, 0.2) is 5.78 Å². The van der Waals surface area contributed by atoms with Crippen molar-refractivity contribution >= 4 is 11.6 Å². The van der Waals surface area contributed by atoms with Crippen LogP contribution in [0.3, 0.4) is 0 Å². The van der Waals surface area contributed by atoms with Gasteiger partial charge in [-0.25, -0.2) is 0 Å². The number of rotatable bonds is 5. The summed E-state index contributed by atoms with van der Waals surface area (Å²) in [5, 5.41) is 0. The first-order valence-electron chi connectivity index (χ1n) is 5.46. The molecule has 1 aliphatic rings. The summed E-state index contributed by atoms with van der Waals surface area (Å²) in [7, 11) is 0. The topological polar surface area (TPSA) is 34.1 Å². The van der Waals surface area contributed by atoms with Crippen LogP contribution in [-0.2, 0) is 9.59 Å². The maximum atomic E-state index is 11.1. The molecule has 0 aromatic rings. The van der Waals surface area contributed by atoms with Crippen molar-refractivity contribution in [1.29, 1.82) is 0 Å². The maximum absolute atomic E-state index is 11.1. The van der Waals surface area contributed by atoms with Gasteiger partial charge in [-0.3, -0.25) is 9.59 Å². The van der Waals surface area contributed by atoms with Gasteiger partial charge in [0, 0.05) is 6.42 Å². The normalized spacial score (nSPS) is 17.1. The summed E-state index contributed by atoms with van der Waals surface area (Å²) in [5.41, 5.74) is 1.04. The molecule has 1 rings (SSSR count). The highest BCUT2D eigenvalue weighted by molar-refractivity contribution is 6.08. The Morgan fingerprint density at radius 1 is 1.14 bits per heavy atom. The van der Waals surface area contributed by atoms with E-state index in [1.165, 1.54) is 19.3 Å². The molecule has 0 bridgehead atoms. The Kier molecular flexibility index (Phi) is 4.57. The van der Waals surface area contributed by atoms with E-state index in [4.69, 9.17) is 0 Å². The zero-order chi connectivity index (χ0) is 10.4. The van der Waals surface area contributed by atoms with Crippen molar-refractivity contribution in [2.24, 2.45) is 0 Å². The highest BCUT2D eigenvalue weighted by Gasteiger charge is 2.16. The minimum atomic E-state index is -0.00765. The van der Waals surface area contributed by atoms with Crippen LogP contribution in [0.2, 0.25) is 0 Å². The number of allylic oxidation sites excluding steroid dienone is 2. The van der Waals surface area contributed by atoms with Crippen molar-refractivity contribution in [2.75, 3.05) is 0 Å². The lowest BCUT2D eigenvalue weighted by atomic mass is 9.93. The highest BCUT2D eigenvalue weighted by atomic mass is 16.1. The van der Waals surface area contributed by atoms with E-state index < -0.39 is 0 Å². The first-order chi connectivity index (χ1) is 6.72. The lowest BCUT2D eigenvalue weighted by Crippen LogP contribution is -2.13. The third-order valence-electron chi connectivity index (χ3n) is 2.51. The number of unbranched alkanes of at least 4 members (excludes halogenated alkanes) is 3. The fourth-order valence-electron chi connectivity index (χ4n) is 1.78. The summed E-state index contributed by atoms with van der Waals surface area (Å²) in [4.78, 5) is 22.2. The molecule has 1 aliphatic carbocycles. The molecule has 0 unspecified atom stereocenters. The Balaban J connectivity index is 2.29. The molecule has 0 saturated heterocycles. The van der Waals surface area contributed by atoms with Gasteiger partial charge < -0.3 is 0 Å². The van der Waals surface area contributed by atoms with Gasteiger partial charge in [-0.1, -0.05) is 31.8 Å². The molecule has 78 valence electrons. The van der Waals surface area contributed by atoms with Crippen molar-refractivity contribution < 1.29 is 9.59 Å². The molecule has 2 heteroatoms. The van der Waals surface area contributed by atoms with Gasteiger partial charge in [-0.15, -0.1) is 0 Å². The number of hydrogen-bond acceptors (Lipinski definition) is 2. The third kappa shape index (κ3) is 3.86. The van der Waals surface area contributed by atoms with Gasteiger partial charge in [0.05, 0.1) is 6.42 Å². The van der Waals surface area contributed by atoms with Crippen molar-refractivity contribution in [3.63, 3.8) is 0 Å². The average molecular weight is 194 g/mol. The van der Waals surface area contributed by atoms with Crippen LogP contribution in [0, 0.1) is 0 Å². The van der Waals surface area contributed by atoms with Crippen molar-refractivity contribution in [1.82, 2.24) is 0 Å². The number of ketones is 2. The molecule has 0 saturated carbocycles. The van der Waals surface area contributed by atoms with Gasteiger partial charge >= 0.3 is 0 Å². The summed E-state index contributed by atoms with van der Waals surface area (Å²) in [6.07, 6.45) is 8.02. The third-order valence-corrected chi connectivity index (χ3v) is 2.51. The highest BCUT2D eigenvalue weighted by Crippen LogP contribution is 2.18. The van der Waals surface area contributed by atoms with Crippen LogP contribution in [0.5, 0.6) is 0 Å². The van der Waals surface area contributed by atoms with Gasteiger partial charge in [-0.2, -0.15) is 0 Å². The molecule has 0 atom stereocenters. The Labute approximate surface area is 85.4 Å². The molecule has 0 radical (unpaired) electrons. The van der Waals surface area contributed by atoms with Crippen LogP contribution in [0.4, 0.5) is 0 Å². The smallest absolute Gasteiger partial charge is 0.163 e. The molecule has 0 N–H and O–H groups in total. The molecule has 0 amide bonds. The van der Waals surface area contributed by atoms with E-state index in [2.05, 4.69) is 6.92 Å². The van der Waals surface area contributed by atoms with Gasteiger partial charge in [0.1, 0.15) is 5.78 Å². The first-order valence-corrected chi connectivity index (χ1v) is 5.46. The predicted molar refractivity (Wildman–Crippen MR) is 56.1 cm³/mol. The number of Topliss-reactive ketones (excluding diaryl/α,β-unsaturated/α-hetero) is 1. The van der Waals surface area contributed by atoms with Gasteiger partial charge in [-0.05, 0) is 18.9 Å². The molecular weight excluding hydrogens is 176 g/mol. The second-order valence-corrected chi connectivity index (χ2v) is 3.97. The molecule has 0 fully saturated rings. The van der Waals surface area contributed by atoms with Crippen LogP contribution in [-0.4, -0.2) is 11.6 Å². The molecule has 0 aromatic heterocycles. The van der Waals surface area contributed by atoms with Crippen LogP contribution in [0.15, 0.2) is 11.6 Å². The Morgan fingerprint density at radius 2 is 1.93 bits per heavy atom. The van der Waals surface area contributed by atoms with Crippen molar-refractivity contribution in [3.8, 4) is 0 Å². The monoisotopic (exact) mass is 194 g/mol. The van der Waals surface area contributed by atoms with E-state index in [-0.39, 0.29) is 18.0 Å². The molecule has 14 heavy (non-hydrogen) atoms. The van der Waals surface area contributed by atoms with Gasteiger partial charge in [0.2, 0.25) is 0 Å². The van der Waals surface area contributed by atoms with Gasteiger partial charge in [0.25, 0.3) is 0 Å². The molecule has 0 aromatic carbocycles. The summed E-state index contributed by atoms with van der Waals surface area (Å²) in [6.45, 7) is 2.17. The fourth-order valence-corrected chi connectivity index (χ4v) is 1.78. The van der Waals surface area contributed by atoms with E-state index in [1.54, 1.807) is 6.08 Å². The van der Waals surface area contributed by atoms with Crippen LogP contribution >= 0.6 is 0 Å². The van der Waals surface area contributed by atoms with Crippen molar-refractivity contribution in [3.05, 3.63) is 11.6 Å². The lowest BCUT2D eigenvalue weighted by Gasteiger charge is -2.10. The Hall–Kier alpha value is -0.920. The quantitative estimate of drug-likeness (QED) is 0.498. The summed E-state index contributed by atoms with van der Waals surface area (Å²) in [5.74, 6) is 0.0785. The molecule has 0 spiro atoms. The summed E-state index contributed by atoms with van der Waals surface area (Å²) >= 11 is 0. The molecule has 0 aliphatic heterocycles. The Morgan fingerprint density at radius 3 is 2.57 bits per heavy atom. The minimum absolute atomic E-state index is 0.00765. The standard InChI is InChI=1S/C12H18O2/c1-2-3-4-5-6-10-7-11(13)9-12(14)8-10/h7H,2-6,8-9H2,1H3. The fraction of sp³-hybridized carbons (Fsp3) is 0.667. The minimum Gasteiger partial charge on any atom is -0.299 e. The second-order valence-electron chi connectivity index (χ2n) is 3.97. The molecule has 2 nitrogen and oxygen atoms in total. The first kappa shape index (κ1) is 11.2. The number of carbonyl (C=O) groups excluding carboxylic acids is 2. The lowest BCUT2D eigenvalue weighted by molar-refractivity contribution is -0.125. The van der Waals surface area contributed by atoms with E-state index in [1.807, 2.05) is 0 Å². The van der Waals surface area contributed by atoms with Crippen LogP contribution in [0.25, 0.3) is 0 Å².